The molecule has 2 aromatic heterocycles. The Morgan fingerprint density at radius 1 is 1.06 bits per heavy atom. The molecule has 174 valence electrons. The minimum atomic E-state index is -1.15. The molecule has 2 fully saturated rings. The van der Waals surface area contributed by atoms with Crippen LogP contribution in [0.25, 0.3) is 11.3 Å². The van der Waals surface area contributed by atoms with Crippen molar-refractivity contribution in [1.29, 1.82) is 0 Å². The summed E-state index contributed by atoms with van der Waals surface area (Å²) in [5.41, 5.74) is 2.86. The van der Waals surface area contributed by atoms with Gasteiger partial charge in [0.1, 0.15) is 11.4 Å². The van der Waals surface area contributed by atoms with Crippen molar-refractivity contribution in [2.24, 2.45) is 0 Å². The SMILES string of the molecule is O=C(NC1CC1)c1ccc(-c2csc(NC(=O)C3CSC(c4ccncc4)N3C(=O)O)n2)cc1. The van der Waals surface area contributed by atoms with E-state index in [2.05, 4.69) is 20.6 Å². The van der Waals surface area contributed by atoms with Crippen LogP contribution in [0.4, 0.5) is 9.93 Å². The summed E-state index contributed by atoms with van der Waals surface area (Å²) >= 11 is 2.66. The van der Waals surface area contributed by atoms with E-state index < -0.39 is 23.4 Å². The highest BCUT2D eigenvalue weighted by atomic mass is 32.2. The summed E-state index contributed by atoms with van der Waals surface area (Å²) in [6, 6.07) is 10.1. The molecule has 0 radical (unpaired) electrons. The largest absolute Gasteiger partial charge is 0.465 e. The first-order valence-electron chi connectivity index (χ1n) is 10.7. The lowest BCUT2D eigenvalue weighted by Crippen LogP contribution is -2.44. The molecule has 0 bridgehead atoms. The summed E-state index contributed by atoms with van der Waals surface area (Å²) < 4.78 is 0. The van der Waals surface area contributed by atoms with Crippen LogP contribution in [-0.4, -0.2) is 55.7 Å². The second kappa shape index (κ2) is 9.43. The number of thiazole rings is 1. The molecule has 11 heteroatoms. The van der Waals surface area contributed by atoms with Crippen LogP contribution >= 0.6 is 23.1 Å². The molecule has 3 amide bonds. The smallest absolute Gasteiger partial charge is 0.409 e. The zero-order chi connectivity index (χ0) is 23.7. The Hall–Kier alpha value is -3.44. The number of amides is 3. The van der Waals surface area contributed by atoms with Crippen molar-refractivity contribution >= 4 is 46.1 Å². The standard InChI is InChI=1S/C23H21N5O4S2/c29-19(25-16-5-6-16)14-3-1-13(2-4-14)17-11-34-22(26-17)27-20(30)18-12-33-21(28(18)23(31)32)15-7-9-24-10-8-15/h1-4,7-11,16,18,21H,5-6,12H2,(H,25,29)(H,31,32)(H,26,27,30). The van der Waals surface area contributed by atoms with E-state index in [9.17, 15) is 19.5 Å². The third-order valence-electron chi connectivity index (χ3n) is 5.60. The predicted molar refractivity (Wildman–Crippen MR) is 130 cm³/mol. The molecule has 0 spiro atoms. The fourth-order valence-electron chi connectivity index (χ4n) is 3.67. The van der Waals surface area contributed by atoms with E-state index in [-0.39, 0.29) is 5.91 Å². The van der Waals surface area contributed by atoms with E-state index >= 15 is 0 Å². The van der Waals surface area contributed by atoms with Crippen LogP contribution < -0.4 is 10.6 Å². The van der Waals surface area contributed by atoms with E-state index in [0.717, 1.165) is 24.0 Å². The minimum Gasteiger partial charge on any atom is -0.465 e. The van der Waals surface area contributed by atoms with Crippen molar-refractivity contribution in [3.8, 4) is 11.3 Å². The third-order valence-corrected chi connectivity index (χ3v) is 7.69. The Kier molecular flexibility index (Phi) is 6.20. The number of anilines is 1. The molecule has 1 aromatic carbocycles. The number of hydrogen-bond acceptors (Lipinski definition) is 7. The molecular formula is C23H21N5O4S2. The van der Waals surface area contributed by atoms with E-state index in [4.69, 9.17) is 0 Å². The van der Waals surface area contributed by atoms with Crippen LogP contribution in [-0.2, 0) is 4.79 Å². The van der Waals surface area contributed by atoms with Crippen LogP contribution in [0.15, 0.2) is 54.2 Å². The molecule has 3 heterocycles. The fourth-order valence-corrected chi connectivity index (χ4v) is 5.81. The van der Waals surface area contributed by atoms with Crippen molar-refractivity contribution in [1.82, 2.24) is 20.2 Å². The molecule has 5 rings (SSSR count). The van der Waals surface area contributed by atoms with Crippen molar-refractivity contribution in [3.05, 3.63) is 65.3 Å². The summed E-state index contributed by atoms with van der Waals surface area (Å²) in [5, 5.41) is 17.2. The molecule has 3 N–H and O–H groups in total. The quantitative estimate of drug-likeness (QED) is 0.475. The second-order valence-electron chi connectivity index (χ2n) is 8.02. The number of nitrogens with one attached hydrogen (secondary N) is 2. The van der Waals surface area contributed by atoms with Gasteiger partial charge >= 0.3 is 6.09 Å². The normalized spacial score (nSPS) is 19.6. The molecule has 2 aliphatic rings. The number of nitrogens with zero attached hydrogens (tertiary/aromatic N) is 3. The molecule has 2 unspecified atom stereocenters. The van der Waals surface area contributed by atoms with Crippen LogP contribution in [0.1, 0.15) is 34.1 Å². The van der Waals surface area contributed by atoms with Gasteiger partial charge < -0.3 is 15.7 Å². The number of rotatable bonds is 6. The Balaban J connectivity index is 1.25. The summed E-state index contributed by atoms with van der Waals surface area (Å²) in [6.45, 7) is 0. The number of aromatic nitrogens is 2. The number of carbonyl (C=O) groups is 3. The molecule has 1 saturated carbocycles. The van der Waals surface area contributed by atoms with Gasteiger partial charge in [0.2, 0.25) is 5.91 Å². The van der Waals surface area contributed by atoms with Crippen molar-refractivity contribution < 1.29 is 19.5 Å². The molecule has 3 aromatic rings. The summed E-state index contributed by atoms with van der Waals surface area (Å²) in [5.74, 6) is -0.157. The van der Waals surface area contributed by atoms with E-state index in [1.807, 2.05) is 17.5 Å². The van der Waals surface area contributed by atoms with Crippen molar-refractivity contribution in [2.45, 2.75) is 30.3 Å². The Morgan fingerprint density at radius 3 is 2.47 bits per heavy atom. The molecule has 1 saturated heterocycles. The monoisotopic (exact) mass is 495 g/mol. The first-order chi connectivity index (χ1) is 16.5. The minimum absolute atomic E-state index is 0.0808. The Bertz CT molecular complexity index is 1210. The average Bonchev–Trinajstić information content (AvgIpc) is 3.35. The molecule has 2 atom stereocenters. The highest BCUT2D eigenvalue weighted by Crippen LogP contribution is 2.41. The molecule has 34 heavy (non-hydrogen) atoms. The zero-order valence-corrected chi connectivity index (χ0v) is 19.5. The summed E-state index contributed by atoms with van der Waals surface area (Å²) in [7, 11) is 0. The van der Waals surface area contributed by atoms with Gasteiger partial charge in [0, 0.05) is 40.7 Å². The van der Waals surface area contributed by atoms with Gasteiger partial charge in [0.15, 0.2) is 5.13 Å². The lowest BCUT2D eigenvalue weighted by atomic mass is 10.1. The van der Waals surface area contributed by atoms with E-state index in [1.54, 1.807) is 36.7 Å². The average molecular weight is 496 g/mol. The third kappa shape index (κ3) is 4.75. The summed E-state index contributed by atoms with van der Waals surface area (Å²) in [6.07, 6.45) is 4.12. The van der Waals surface area contributed by atoms with Crippen molar-refractivity contribution in [3.63, 3.8) is 0 Å². The maximum atomic E-state index is 12.9. The highest BCUT2D eigenvalue weighted by molar-refractivity contribution is 7.99. The number of benzene rings is 1. The van der Waals surface area contributed by atoms with Gasteiger partial charge in [-0.25, -0.2) is 9.78 Å². The first kappa shape index (κ1) is 22.4. The number of hydrogen-bond donors (Lipinski definition) is 3. The van der Waals surface area contributed by atoms with Crippen LogP contribution in [0, 0.1) is 0 Å². The molecule has 9 nitrogen and oxygen atoms in total. The van der Waals surface area contributed by atoms with Crippen LogP contribution in [0.3, 0.4) is 0 Å². The predicted octanol–water partition coefficient (Wildman–Crippen LogP) is 3.83. The van der Waals surface area contributed by atoms with Crippen molar-refractivity contribution in [2.75, 3.05) is 11.1 Å². The second-order valence-corrected chi connectivity index (χ2v) is 10.00. The number of carbonyl (C=O) groups excluding carboxylic acids is 2. The maximum Gasteiger partial charge on any atom is 0.409 e. The van der Waals surface area contributed by atoms with Gasteiger partial charge in [-0.15, -0.1) is 23.1 Å². The molecule has 1 aliphatic carbocycles. The van der Waals surface area contributed by atoms with Gasteiger partial charge in [-0.05, 0) is 42.7 Å². The van der Waals surface area contributed by atoms with E-state index in [1.165, 1.54) is 28.0 Å². The molecule has 1 aliphatic heterocycles. The first-order valence-corrected chi connectivity index (χ1v) is 12.6. The number of thioether (sulfide) groups is 1. The van der Waals surface area contributed by atoms with Crippen LogP contribution in [0.2, 0.25) is 0 Å². The lowest BCUT2D eigenvalue weighted by molar-refractivity contribution is -0.119. The van der Waals surface area contributed by atoms with Gasteiger partial charge in [-0.3, -0.25) is 19.5 Å². The highest BCUT2D eigenvalue weighted by Gasteiger charge is 2.42. The number of carboxylic acid groups (broad SMARTS) is 1. The molecular weight excluding hydrogens is 474 g/mol. The van der Waals surface area contributed by atoms with Crippen LogP contribution in [0.5, 0.6) is 0 Å². The Morgan fingerprint density at radius 2 is 1.79 bits per heavy atom. The number of pyridine rings is 1. The maximum absolute atomic E-state index is 12.9. The van der Waals surface area contributed by atoms with E-state index in [0.29, 0.717) is 28.2 Å². The summed E-state index contributed by atoms with van der Waals surface area (Å²) in [4.78, 5) is 46.7. The zero-order valence-electron chi connectivity index (χ0n) is 17.9. The van der Waals surface area contributed by atoms with Gasteiger partial charge in [-0.1, -0.05) is 12.1 Å². The van der Waals surface area contributed by atoms with Gasteiger partial charge in [0.05, 0.1) is 5.69 Å². The van der Waals surface area contributed by atoms with Gasteiger partial charge in [0.25, 0.3) is 5.91 Å². The topological polar surface area (TPSA) is 125 Å². The fraction of sp³-hybridized carbons (Fsp3) is 0.261. The van der Waals surface area contributed by atoms with Gasteiger partial charge in [-0.2, -0.15) is 0 Å². The Labute approximate surface area is 203 Å². The lowest BCUT2D eigenvalue weighted by Gasteiger charge is -2.25.